The number of hydrogen-bond acceptors (Lipinski definition) is 6. The number of aliphatic hydroxyl groups excluding tert-OH is 1. The van der Waals surface area contributed by atoms with E-state index in [9.17, 15) is 41.0 Å². The highest BCUT2D eigenvalue weighted by atomic mass is 32.2. The number of amides is 2. The van der Waals surface area contributed by atoms with E-state index in [1.54, 1.807) is 18.7 Å². The third kappa shape index (κ3) is 10.3. The molecule has 14 heteroatoms. The summed E-state index contributed by atoms with van der Waals surface area (Å²) in [6.07, 6.45) is -11.5. The third-order valence-corrected chi connectivity index (χ3v) is 9.84. The molecule has 0 bridgehead atoms. The minimum absolute atomic E-state index is 0.00149. The van der Waals surface area contributed by atoms with Crippen molar-refractivity contribution < 1.29 is 45.8 Å². The van der Waals surface area contributed by atoms with Gasteiger partial charge in [-0.05, 0) is 79.7 Å². The lowest BCUT2D eigenvalue weighted by atomic mass is 9.98. The van der Waals surface area contributed by atoms with Crippen LogP contribution in [0.3, 0.4) is 0 Å². The first-order valence-electron chi connectivity index (χ1n) is 16.8. The lowest BCUT2D eigenvalue weighted by Crippen LogP contribution is -2.49. The summed E-state index contributed by atoms with van der Waals surface area (Å²) in [5.41, 5.74) is -2.42. The number of ether oxygens (including phenoxy) is 1. The molecule has 0 saturated carbocycles. The molecule has 1 aliphatic rings. The Morgan fingerprint density at radius 2 is 1.55 bits per heavy atom. The number of aliphatic hydroxyl groups is 1. The van der Waals surface area contributed by atoms with E-state index in [2.05, 4.69) is 10.2 Å². The van der Waals surface area contributed by atoms with E-state index in [1.807, 2.05) is 68.6 Å². The van der Waals surface area contributed by atoms with Crippen LogP contribution in [0.25, 0.3) is 0 Å². The summed E-state index contributed by atoms with van der Waals surface area (Å²) in [6, 6.07) is 23.0. The number of likely N-dealkylation sites (N-methyl/N-ethyl adjacent to an activating group) is 1. The van der Waals surface area contributed by atoms with Crippen molar-refractivity contribution in [3.05, 3.63) is 119 Å². The summed E-state index contributed by atoms with van der Waals surface area (Å²) in [4.78, 5) is 32.9. The fraction of sp³-hybridized carbons (Fsp3) is 0.333. The van der Waals surface area contributed by atoms with Gasteiger partial charge in [0.1, 0.15) is 6.10 Å². The summed E-state index contributed by atoms with van der Waals surface area (Å²) in [6.45, 7) is 4.47. The van der Waals surface area contributed by atoms with Crippen LogP contribution < -0.4 is 10.1 Å². The molecule has 53 heavy (non-hydrogen) atoms. The molecule has 0 spiro atoms. The summed E-state index contributed by atoms with van der Waals surface area (Å²) >= 11 is 1.65. The van der Waals surface area contributed by atoms with Crippen LogP contribution in [-0.4, -0.2) is 65.6 Å². The Balaban J connectivity index is 1.38. The van der Waals surface area contributed by atoms with Gasteiger partial charge in [0.25, 0.3) is 5.91 Å². The minimum Gasteiger partial charge on any atom is -0.486 e. The smallest absolute Gasteiger partial charge is 0.416 e. The number of carbonyl (C=O) groups excluding carboxylic acids is 2. The molecule has 5 rings (SSSR count). The van der Waals surface area contributed by atoms with Crippen molar-refractivity contribution in [1.29, 1.82) is 0 Å². The number of halogens is 6. The number of alkyl halides is 6. The van der Waals surface area contributed by atoms with Gasteiger partial charge in [-0.15, -0.1) is 0 Å². The number of nitrogens with zero attached hydrogens (tertiary/aromatic N) is 2. The van der Waals surface area contributed by atoms with Crippen molar-refractivity contribution in [3.63, 3.8) is 0 Å². The van der Waals surface area contributed by atoms with Crippen molar-refractivity contribution in [2.75, 3.05) is 32.1 Å². The van der Waals surface area contributed by atoms with Gasteiger partial charge >= 0.3 is 12.4 Å². The zero-order chi connectivity index (χ0) is 38.5. The van der Waals surface area contributed by atoms with Crippen LogP contribution in [0.1, 0.15) is 46.5 Å². The standard InChI is InChI=1S/C39H39F6N3O4S/c1-24-20-48(25(2)23-49)37(51)32-10-7-11-33(46-35(50)18-27-16-28(38(40,41)42)19-29(17-27)39(43,44)45)36(32)52-34(24)22-47(3)21-26-12-14-31(15-13-26)53-30-8-5-4-6-9-30/h4-17,19,24-25,34,49H,18,20-23H2,1-3H3,(H,46,50)/t24-,25+,34-/m1/s1. The summed E-state index contributed by atoms with van der Waals surface area (Å²) in [5.74, 6) is -1.66. The van der Waals surface area contributed by atoms with Crippen molar-refractivity contribution in [1.82, 2.24) is 9.80 Å². The van der Waals surface area contributed by atoms with Crippen LogP contribution in [-0.2, 0) is 30.1 Å². The van der Waals surface area contributed by atoms with E-state index in [0.29, 0.717) is 25.2 Å². The molecule has 0 aliphatic carbocycles. The van der Waals surface area contributed by atoms with Crippen LogP contribution >= 0.6 is 11.8 Å². The zero-order valence-electron chi connectivity index (χ0n) is 29.2. The zero-order valence-corrected chi connectivity index (χ0v) is 30.0. The van der Waals surface area contributed by atoms with Crippen LogP contribution in [0.4, 0.5) is 32.0 Å². The van der Waals surface area contributed by atoms with Gasteiger partial charge in [0.05, 0.1) is 41.4 Å². The number of hydrogen-bond donors (Lipinski definition) is 2. The molecular formula is C39H39F6N3O4S. The molecule has 0 aromatic heterocycles. The Morgan fingerprint density at radius 1 is 0.925 bits per heavy atom. The lowest BCUT2D eigenvalue weighted by Gasteiger charge is -2.38. The predicted octanol–water partition coefficient (Wildman–Crippen LogP) is 8.41. The van der Waals surface area contributed by atoms with E-state index in [-0.39, 0.29) is 42.1 Å². The number of carbonyl (C=O) groups is 2. The normalized spacial score (nSPS) is 17.1. The minimum atomic E-state index is -5.07. The first-order chi connectivity index (χ1) is 25.0. The SMILES string of the molecule is C[C@@H]1CN([C@@H](C)CO)C(=O)c2cccc(NC(=O)Cc3cc(C(F)(F)F)cc(C(F)(F)F)c3)c2O[C@@H]1CN(C)Cc1ccc(Sc2ccccc2)cc1. The molecular weight excluding hydrogens is 721 g/mol. The molecule has 0 unspecified atom stereocenters. The van der Waals surface area contributed by atoms with Crippen LogP contribution in [0.5, 0.6) is 5.75 Å². The van der Waals surface area contributed by atoms with E-state index < -0.39 is 59.4 Å². The largest absolute Gasteiger partial charge is 0.486 e. The van der Waals surface area contributed by atoms with Crippen molar-refractivity contribution in [2.24, 2.45) is 5.92 Å². The quantitative estimate of drug-likeness (QED) is 0.150. The molecule has 0 fully saturated rings. The van der Waals surface area contributed by atoms with Gasteiger partial charge in [-0.3, -0.25) is 14.5 Å². The van der Waals surface area contributed by atoms with Gasteiger partial charge in [0.15, 0.2) is 5.75 Å². The van der Waals surface area contributed by atoms with Gasteiger partial charge in [0, 0.05) is 35.3 Å². The molecule has 2 N–H and O–H groups in total. The molecule has 2 amide bonds. The molecule has 4 aromatic carbocycles. The first kappa shape index (κ1) is 39.7. The fourth-order valence-corrected chi connectivity index (χ4v) is 6.87. The predicted molar refractivity (Wildman–Crippen MR) is 190 cm³/mol. The summed E-state index contributed by atoms with van der Waals surface area (Å²) in [5, 5.41) is 12.6. The average molecular weight is 760 g/mol. The maximum atomic E-state index is 13.8. The number of nitrogens with one attached hydrogen (secondary N) is 1. The summed E-state index contributed by atoms with van der Waals surface area (Å²) < 4.78 is 87.3. The highest BCUT2D eigenvalue weighted by Gasteiger charge is 2.38. The lowest BCUT2D eigenvalue weighted by molar-refractivity contribution is -0.143. The summed E-state index contributed by atoms with van der Waals surface area (Å²) in [7, 11) is 1.92. The first-order valence-corrected chi connectivity index (χ1v) is 17.6. The van der Waals surface area contributed by atoms with Crippen molar-refractivity contribution in [2.45, 2.75) is 61.1 Å². The molecule has 0 radical (unpaired) electrons. The van der Waals surface area contributed by atoms with Gasteiger partial charge < -0.3 is 20.1 Å². The molecule has 3 atom stereocenters. The van der Waals surface area contributed by atoms with Gasteiger partial charge in [-0.25, -0.2) is 0 Å². The van der Waals surface area contributed by atoms with Gasteiger partial charge in [0.2, 0.25) is 5.91 Å². The van der Waals surface area contributed by atoms with E-state index in [0.717, 1.165) is 15.4 Å². The van der Waals surface area contributed by atoms with E-state index in [4.69, 9.17) is 4.74 Å². The Labute approximate surface area is 307 Å². The number of fused-ring (bicyclic) bond motifs is 1. The highest BCUT2D eigenvalue weighted by Crippen LogP contribution is 2.38. The second kappa shape index (κ2) is 16.6. The maximum absolute atomic E-state index is 13.8. The maximum Gasteiger partial charge on any atom is 0.416 e. The monoisotopic (exact) mass is 759 g/mol. The van der Waals surface area contributed by atoms with Gasteiger partial charge in [-0.1, -0.05) is 55.1 Å². The van der Waals surface area contributed by atoms with Crippen molar-refractivity contribution in [3.8, 4) is 5.75 Å². The molecule has 7 nitrogen and oxygen atoms in total. The van der Waals surface area contributed by atoms with Crippen LogP contribution in [0.2, 0.25) is 0 Å². The average Bonchev–Trinajstić information content (AvgIpc) is 3.10. The van der Waals surface area contributed by atoms with Crippen LogP contribution in [0, 0.1) is 5.92 Å². The number of rotatable bonds is 11. The second-order valence-corrected chi connectivity index (χ2v) is 14.3. The topological polar surface area (TPSA) is 82.1 Å². The molecule has 1 heterocycles. The Bertz CT molecular complexity index is 1860. The Hall–Kier alpha value is -4.53. The van der Waals surface area contributed by atoms with Crippen molar-refractivity contribution >= 4 is 29.3 Å². The van der Waals surface area contributed by atoms with Crippen LogP contribution in [0.15, 0.2) is 101 Å². The second-order valence-electron chi connectivity index (χ2n) is 13.2. The Morgan fingerprint density at radius 3 is 2.15 bits per heavy atom. The molecule has 4 aromatic rings. The number of anilines is 1. The molecule has 282 valence electrons. The number of benzene rings is 4. The molecule has 1 aliphatic heterocycles. The van der Waals surface area contributed by atoms with E-state index >= 15 is 0 Å². The third-order valence-electron chi connectivity index (χ3n) is 8.82. The van der Waals surface area contributed by atoms with Gasteiger partial charge in [-0.2, -0.15) is 26.3 Å². The molecule has 0 saturated heterocycles. The highest BCUT2D eigenvalue weighted by molar-refractivity contribution is 7.99. The fourth-order valence-electron chi connectivity index (χ4n) is 6.03. The van der Waals surface area contributed by atoms with E-state index in [1.165, 1.54) is 23.1 Å². The number of para-hydroxylation sites is 1. The Kier molecular flexibility index (Phi) is 12.5.